The number of nitrogens with zero attached hydrogens (tertiary/aromatic N) is 3. The number of aromatic nitrogens is 2. The summed E-state index contributed by atoms with van der Waals surface area (Å²) >= 11 is 0. The molecule has 1 aliphatic heterocycles. The molecule has 0 bridgehead atoms. The zero-order chi connectivity index (χ0) is 16.0. The van der Waals surface area contributed by atoms with Crippen LogP contribution in [0.25, 0.3) is 0 Å². The van der Waals surface area contributed by atoms with Crippen LogP contribution in [0.3, 0.4) is 0 Å². The summed E-state index contributed by atoms with van der Waals surface area (Å²) in [7, 11) is -1.79. The topological polar surface area (TPSA) is 76.5 Å². The first kappa shape index (κ1) is 17.4. The average molecular weight is 330 g/mol. The van der Waals surface area contributed by atoms with Crippen molar-refractivity contribution in [3.63, 3.8) is 0 Å². The molecule has 1 N–H and O–H groups in total. The molecule has 0 unspecified atom stereocenters. The van der Waals surface area contributed by atoms with Gasteiger partial charge in [-0.3, -0.25) is 4.68 Å². The van der Waals surface area contributed by atoms with Crippen LogP contribution in [0, 0.1) is 5.92 Å². The van der Waals surface area contributed by atoms with E-state index in [9.17, 15) is 8.42 Å². The minimum Gasteiger partial charge on any atom is -0.383 e. The summed E-state index contributed by atoms with van der Waals surface area (Å²) in [6.45, 7) is 6.63. The summed E-state index contributed by atoms with van der Waals surface area (Å²) in [5.41, 5.74) is 0. The maximum absolute atomic E-state index is 12.4. The summed E-state index contributed by atoms with van der Waals surface area (Å²) < 4.78 is 34.1. The van der Waals surface area contributed by atoms with Gasteiger partial charge in [0, 0.05) is 33.3 Å². The fourth-order valence-electron chi connectivity index (χ4n) is 2.73. The minimum atomic E-state index is -3.48. The summed E-state index contributed by atoms with van der Waals surface area (Å²) in [4.78, 5) is 2.31. The molecule has 0 saturated carbocycles. The molecule has 1 aromatic rings. The summed E-state index contributed by atoms with van der Waals surface area (Å²) in [6, 6.07) is 1.55. The highest BCUT2D eigenvalue weighted by Gasteiger charge is 2.25. The van der Waals surface area contributed by atoms with Crippen LogP contribution in [0.2, 0.25) is 0 Å². The number of rotatable bonds is 9. The molecule has 0 radical (unpaired) electrons. The molecular formula is C14H26N4O3S. The molecule has 1 fully saturated rings. The van der Waals surface area contributed by atoms with Crippen LogP contribution < -0.4 is 4.72 Å². The molecule has 0 aromatic carbocycles. The van der Waals surface area contributed by atoms with Crippen LogP contribution in [-0.2, 0) is 21.3 Å². The summed E-state index contributed by atoms with van der Waals surface area (Å²) in [6.07, 6.45) is 3.40. The van der Waals surface area contributed by atoms with Crippen molar-refractivity contribution in [2.45, 2.75) is 31.3 Å². The Hall–Kier alpha value is -0.960. The van der Waals surface area contributed by atoms with Crippen LogP contribution in [0.4, 0.5) is 0 Å². The Morgan fingerprint density at radius 1 is 1.45 bits per heavy atom. The lowest BCUT2D eigenvalue weighted by Crippen LogP contribution is -2.33. The Bertz CT molecular complexity index is 558. The Labute approximate surface area is 132 Å². The molecule has 0 amide bonds. The zero-order valence-electron chi connectivity index (χ0n) is 13.4. The highest BCUT2D eigenvalue weighted by Crippen LogP contribution is 2.16. The third kappa shape index (κ3) is 4.52. The molecule has 1 atom stereocenters. The van der Waals surface area contributed by atoms with Gasteiger partial charge >= 0.3 is 0 Å². The molecule has 2 heterocycles. The summed E-state index contributed by atoms with van der Waals surface area (Å²) in [5.74, 6) is 0.356. The highest BCUT2D eigenvalue weighted by molar-refractivity contribution is 7.89. The molecule has 8 heteroatoms. The second-order valence-electron chi connectivity index (χ2n) is 5.69. The first-order valence-corrected chi connectivity index (χ1v) is 9.28. The van der Waals surface area contributed by atoms with Crippen molar-refractivity contribution in [2.24, 2.45) is 5.92 Å². The summed E-state index contributed by atoms with van der Waals surface area (Å²) in [5, 5.41) is 4.33. The van der Waals surface area contributed by atoms with E-state index in [1.165, 1.54) is 6.20 Å². The van der Waals surface area contributed by atoms with E-state index < -0.39 is 10.0 Å². The average Bonchev–Trinajstić information content (AvgIpc) is 3.13. The van der Waals surface area contributed by atoms with E-state index in [-0.39, 0.29) is 5.03 Å². The Kier molecular flexibility index (Phi) is 6.37. The fourth-order valence-corrected chi connectivity index (χ4v) is 3.99. The van der Waals surface area contributed by atoms with E-state index in [2.05, 4.69) is 14.7 Å². The minimum absolute atomic E-state index is 0.253. The second-order valence-corrected chi connectivity index (χ2v) is 7.41. The van der Waals surface area contributed by atoms with Crippen molar-refractivity contribution in [1.29, 1.82) is 0 Å². The van der Waals surface area contributed by atoms with Gasteiger partial charge in [0.1, 0.15) is 0 Å². The third-order valence-electron chi connectivity index (χ3n) is 3.93. The van der Waals surface area contributed by atoms with E-state index in [1.807, 2.05) is 6.92 Å². The molecular weight excluding hydrogens is 304 g/mol. The number of likely N-dealkylation sites (tertiary alicyclic amines) is 1. The first-order valence-electron chi connectivity index (χ1n) is 7.79. The first-order chi connectivity index (χ1) is 10.6. The van der Waals surface area contributed by atoms with Crippen molar-refractivity contribution in [1.82, 2.24) is 19.4 Å². The molecule has 7 nitrogen and oxygen atoms in total. The van der Waals surface area contributed by atoms with Crippen LogP contribution in [0.5, 0.6) is 0 Å². The third-order valence-corrected chi connectivity index (χ3v) is 5.38. The number of methoxy groups -OCH3 is 1. The highest BCUT2D eigenvalue weighted by atomic mass is 32.2. The number of sulfonamides is 1. The van der Waals surface area contributed by atoms with Crippen LogP contribution in [0.15, 0.2) is 17.3 Å². The maximum Gasteiger partial charge on any atom is 0.257 e. The standard InChI is InChI=1S/C14H26N4O3S/c1-3-7-18-14(4-6-15-18)22(19,20)16-11-13-5-8-17(12-13)9-10-21-2/h4,6,13,16H,3,5,7-12H2,1-2H3/t13-/m1/s1. The number of hydrogen-bond acceptors (Lipinski definition) is 5. The van der Waals surface area contributed by atoms with Crippen molar-refractivity contribution in [3.8, 4) is 0 Å². The molecule has 0 aliphatic carbocycles. The maximum atomic E-state index is 12.4. The van der Waals surface area contributed by atoms with Crippen LogP contribution >= 0.6 is 0 Å². The quantitative estimate of drug-likeness (QED) is 0.715. The van der Waals surface area contributed by atoms with Gasteiger partial charge in [-0.15, -0.1) is 0 Å². The number of nitrogens with one attached hydrogen (secondary N) is 1. The molecule has 1 aromatic heterocycles. The molecule has 1 saturated heterocycles. The lowest BCUT2D eigenvalue weighted by Gasteiger charge is -2.16. The lowest BCUT2D eigenvalue weighted by atomic mass is 10.1. The van der Waals surface area contributed by atoms with Gasteiger partial charge in [-0.1, -0.05) is 6.92 Å². The zero-order valence-corrected chi connectivity index (χ0v) is 14.2. The van der Waals surface area contributed by atoms with Gasteiger partial charge in [0.15, 0.2) is 5.03 Å². The molecule has 1 aliphatic rings. The molecule has 126 valence electrons. The van der Waals surface area contributed by atoms with Crippen LogP contribution in [0.1, 0.15) is 19.8 Å². The van der Waals surface area contributed by atoms with Crippen molar-refractivity contribution in [3.05, 3.63) is 12.3 Å². The number of aryl methyl sites for hydroxylation is 1. The van der Waals surface area contributed by atoms with Crippen LogP contribution in [-0.4, -0.2) is 63.0 Å². The Morgan fingerprint density at radius 3 is 3.00 bits per heavy atom. The van der Waals surface area contributed by atoms with E-state index in [1.54, 1.807) is 17.9 Å². The van der Waals surface area contributed by atoms with Crippen molar-refractivity contribution >= 4 is 10.0 Å². The number of ether oxygens (including phenoxy) is 1. The van der Waals surface area contributed by atoms with E-state index >= 15 is 0 Å². The second kappa shape index (κ2) is 8.05. The molecule has 2 rings (SSSR count). The van der Waals surface area contributed by atoms with E-state index in [0.717, 1.165) is 32.5 Å². The molecule has 0 spiro atoms. The van der Waals surface area contributed by atoms with Gasteiger partial charge in [-0.2, -0.15) is 5.10 Å². The van der Waals surface area contributed by atoms with E-state index in [4.69, 9.17) is 4.74 Å². The Balaban J connectivity index is 1.87. The Morgan fingerprint density at radius 2 is 2.27 bits per heavy atom. The normalized spacial score (nSPS) is 19.8. The van der Waals surface area contributed by atoms with Gasteiger partial charge in [-0.25, -0.2) is 13.1 Å². The fraction of sp³-hybridized carbons (Fsp3) is 0.786. The van der Waals surface area contributed by atoms with Gasteiger partial charge in [0.2, 0.25) is 0 Å². The predicted octanol–water partition coefficient (Wildman–Crippen LogP) is 0.540. The molecule has 22 heavy (non-hydrogen) atoms. The largest absolute Gasteiger partial charge is 0.383 e. The lowest BCUT2D eigenvalue weighted by molar-refractivity contribution is 0.159. The number of hydrogen-bond donors (Lipinski definition) is 1. The van der Waals surface area contributed by atoms with Gasteiger partial charge in [-0.05, 0) is 31.4 Å². The van der Waals surface area contributed by atoms with E-state index in [0.29, 0.717) is 25.6 Å². The predicted molar refractivity (Wildman–Crippen MR) is 84.1 cm³/mol. The monoisotopic (exact) mass is 330 g/mol. The smallest absolute Gasteiger partial charge is 0.257 e. The van der Waals surface area contributed by atoms with Crippen molar-refractivity contribution in [2.75, 3.05) is 39.9 Å². The van der Waals surface area contributed by atoms with Crippen molar-refractivity contribution < 1.29 is 13.2 Å². The van der Waals surface area contributed by atoms with Gasteiger partial charge in [0.05, 0.1) is 12.8 Å². The van der Waals surface area contributed by atoms with Gasteiger partial charge in [0.25, 0.3) is 10.0 Å². The SMILES string of the molecule is CCCn1nccc1S(=O)(=O)NC[C@H]1CCN(CCOC)C1. The van der Waals surface area contributed by atoms with Gasteiger partial charge < -0.3 is 9.64 Å².